The Morgan fingerprint density at radius 1 is 1.05 bits per heavy atom. The molecule has 0 saturated carbocycles. The zero-order valence-electron chi connectivity index (χ0n) is 12.1. The lowest BCUT2D eigenvalue weighted by molar-refractivity contribution is -0.110. The Bertz CT molecular complexity index is 783. The normalized spacial score (nSPS) is 14.7. The first-order valence-electron chi connectivity index (χ1n) is 6.67. The predicted molar refractivity (Wildman–Crippen MR) is 87.5 cm³/mol. The number of benzene rings is 2. The van der Waals surface area contributed by atoms with E-state index in [4.69, 9.17) is 21.1 Å². The molecule has 5 heteroatoms. The minimum atomic E-state index is -0.146. The van der Waals surface area contributed by atoms with Crippen LogP contribution >= 0.6 is 11.6 Å². The molecule has 2 aromatic carbocycles. The highest BCUT2D eigenvalue weighted by Gasteiger charge is 2.24. The summed E-state index contributed by atoms with van der Waals surface area (Å²) in [5, 5.41) is 3.40. The van der Waals surface area contributed by atoms with Gasteiger partial charge in [0, 0.05) is 16.2 Å². The van der Waals surface area contributed by atoms with E-state index in [2.05, 4.69) is 5.32 Å². The van der Waals surface area contributed by atoms with Crippen molar-refractivity contribution < 1.29 is 14.3 Å². The molecule has 0 atom stereocenters. The number of hydrogen-bond acceptors (Lipinski definition) is 3. The highest BCUT2D eigenvalue weighted by molar-refractivity contribution is 6.36. The largest absolute Gasteiger partial charge is 0.493 e. The van der Waals surface area contributed by atoms with E-state index >= 15 is 0 Å². The maximum Gasteiger partial charge on any atom is 0.256 e. The van der Waals surface area contributed by atoms with Crippen LogP contribution < -0.4 is 14.8 Å². The van der Waals surface area contributed by atoms with Crippen LogP contribution in [0.15, 0.2) is 36.4 Å². The van der Waals surface area contributed by atoms with E-state index in [1.165, 1.54) is 0 Å². The molecule has 0 radical (unpaired) electrons. The van der Waals surface area contributed by atoms with Crippen LogP contribution in [0.1, 0.15) is 11.1 Å². The molecule has 1 amide bonds. The van der Waals surface area contributed by atoms with Crippen molar-refractivity contribution in [3.05, 3.63) is 52.5 Å². The Kier molecular flexibility index (Phi) is 3.77. The average molecular weight is 316 g/mol. The van der Waals surface area contributed by atoms with Gasteiger partial charge in [-0.3, -0.25) is 4.79 Å². The van der Waals surface area contributed by atoms with E-state index in [9.17, 15) is 4.79 Å². The van der Waals surface area contributed by atoms with Gasteiger partial charge in [-0.2, -0.15) is 0 Å². The van der Waals surface area contributed by atoms with Crippen LogP contribution in [0.25, 0.3) is 11.6 Å². The lowest BCUT2D eigenvalue weighted by Crippen LogP contribution is -2.03. The molecule has 0 unspecified atom stereocenters. The SMILES string of the molecule is COc1ccc(/C=C2\C(=O)Nc3cc(Cl)ccc32)cc1OC. The van der Waals surface area contributed by atoms with Crippen LogP contribution in [0.4, 0.5) is 5.69 Å². The maximum atomic E-state index is 12.1. The molecule has 0 bridgehead atoms. The Labute approximate surface area is 133 Å². The first-order valence-corrected chi connectivity index (χ1v) is 7.05. The first-order chi connectivity index (χ1) is 10.6. The van der Waals surface area contributed by atoms with E-state index in [1.54, 1.807) is 32.4 Å². The summed E-state index contributed by atoms with van der Waals surface area (Å²) in [7, 11) is 3.16. The summed E-state index contributed by atoms with van der Waals surface area (Å²) in [6.45, 7) is 0. The van der Waals surface area contributed by atoms with Gasteiger partial charge in [0.1, 0.15) is 0 Å². The number of rotatable bonds is 3. The van der Waals surface area contributed by atoms with Crippen LogP contribution in [0.5, 0.6) is 11.5 Å². The zero-order valence-corrected chi connectivity index (χ0v) is 12.9. The minimum absolute atomic E-state index is 0.146. The fourth-order valence-corrected chi connectivity index (χ4v) is 2.59. The Morgan fingerprint density at radius 2 is 1.82 bits per heavy atom. The van der Waals surface area contributed by atoms with Crippen LogP contribution in [-0.4, -0.2) is 20.1 Å². The number of anilines is 1. The Hall–Kier alpha value is -2.46. The smallest absolute Gasteiger partial charge is 0.256 e. The van der Waals surface area contributed by atoms with Crippen LogP contribution in [-0.2, 0) is 4.79 Å². The molecular formula is C17H14ClNO3. The summed E-state index contributed by atoms with van der Waals surface area (Å²) in [5.74, 6) is 1.12. The van der Waals surface area contributed by atoms with Gasteiger partial charge in [-0.25, -0.2) is 0 Å². The van der Waals surface area contributed by atoms with Crippen molar-refractivity contribution in [3.8, 4) is 11.5 Å². The van der Waals surface area contributed by atoms with Crippen LogP contribution in [0.3, 0.4) is 0 Å². The Balaban J connectivity index is 2.04. The number of carbonyl (C=O) groups is 1. The van der Waals surface area contributed by atoms with E-state index < -0.39 is 0 Å². The van der Waals surface area contributed by atoms with Gasteiger partial charge in [0.25, 0.3) is 5.91 Å². The van der Waals surface area contributed by atoms with Crippen molar-refractivity contribution in [2.45, 2.75) is 0 Å². The van der Waals surface area contributed by atoms with E-state index in [0.717, 1.165) is 16.8 Å². The molecule has 1 aliphatic heterocycles. The molecular weight excluding hydrogens is 302 g/mol. The molecule has 1 heterocycles. The Morgan fingerprint density at radius 3 is 2.55 bits per heavy atom. The fourth-order valence-electron chi connectivity index (χ4n) is 2.42. The van der Waals surface area contributed by atoms with Gasteiger partial charge in [-0.05, 0) is 35.9 Å². The standard InChI is InChI=1S/C17H14ClNO3/c1-21-15-6-3-10(8-16(15)22-2)7-13-12-5-4-11(18)9-14(12)19-17(13)20/h3-9H,1-2H3,(H,19,20)/b13-7-. The van der Waals surface area contributed by atoms with Gasteiger partial charge in [-0.15, -0.1) is 0 Å². The molecule has 4 nitrogen and oxygen atoms in total. The van der Waals surface area contributed by atoms with E-state index in [0.29, 0.717) is 22.1 Å². The number of methoxy groups -OCH3 is 2. The second-order valence-corrected chi connectivity index (χ2v) is 5.25. The van der Waals surface area contributed by atoms with Crippen molar-refractivity contribution in [1.82, 2.24) is 0 Å². The van der Waals surface area contributed by atoms with Gasteiger partial charge in [0.05, 0.1) is 19.9 Å². The molecule has 2 aromatic rings. The maximum absolute atomic E-state index is 12.1. The van der Waals surface area contributed by atoms with Gasteiger partial charge in [0.15, 0.2) is 11.5 Å². The third kappa shape index (κ3) is 2.53. The molecule has 22 heavy (non-hydrogen) atoms. The molecule has 3 rings (SSSR count). The summed E-state index contributed by atoms with van der Waals surface area (Å²) in [6.07, 6.45) is 1.82. The average Bonchev–Trinajstić information content (AvgIpc) is 2.82. The molecule has 0 fully saturated rings. The lowest BCUT2D eigenvalue weighted by atomic mass is 10.0. The van der Waals surface area contributed by atoms with Gasteiger partial charge >= 0.3 is 0 Å². The number of nitrogens with one attached hydrogen (secondary N) is 1. The lowest BCUT2D eigenvalue weighted by Gasteiger charge is -2.08. The van der Waals surface area contributed by atoms with E-state index in [-0.39, 0.29) is 5.91 Å². The third-order valence-corrected chi connectivity index (χ3v) is 3.72. The molecule has 1 N–H and O–H groups in total. The monoisotopic (exact) mass is 315 g/mol. The molecule has 112 valence electrons. The van der Waals surface area contributed by atoms with Crippen molar-refractivity contribution in [3.63, 3.8) is 0 Å². The highest BCUT2D eigenvalue weighted by Crippen LogP contribution is 2.36. The summed E-state index contributed by atoms with van der Waals surface area (Å²) < 4.78 is 10.5. The van der Waals surface area contributed by atoms with E-state index in [1.807, 2.05) is 24.3 Å². The third-order valence-electron chi connectivity index (χ3n) is 3.48. The van der Waals surface area contributed by atoms with Crippen molar-refractivity contribution >= 4 is 34.8 Å². The number of halogens is 1. The van der Waals surface area contributed by atoms with Crippen molar-refractivity contribution in [1.29, 1.82) is 0 Å². The second kappa shape index (κ2) is 5.73. The van der Waals surface area contributed by atoms with Crippen molar-refractivity contribution in [2.24, 2.45) is 0 Å². The molecule has 1 aliphatic rings. The summed E-state index contributed by atoms with van der Waals surface area (Å²) >= 11 is 5.95. The molecule has 0 saturated heterocycles. The summed E-state index contributed by atoms with van der Waals surface area (Å²) in [6, 6.07) is 10.8. The van der Waals surface area contributed by atoms with Crippen molar-refractivity contribution in [2.75, 3.05) is 19.5 Å². The van der Waals surface area contributed by atoms with Gasteiger partial charge < -0.3 is 14.8 Å². The second-order valence-electron chi connectivity index (χ2n) is 4.82. The fraction of sp³-hybridized carbons (Fsp3) is 0.118. The topological polar surface area (TPSA) is 47.6 Å². The quantitative estimate of drug-likeness (QED) is 0.875. The van der Waals surface area contributed by atoms with Gasteiger partial charge in [0.2, 0.25) is 0 Å². The zero-order chi connectivity index (χ0) is 15.7. The van der Waals surface area contributed by atoms with Gasteiger partial charge in [-0.1, -0.05) is 23.7 Å². The number of amides is 1. The minimum Gasteiger partial charge on any atom is -0.493 e. The number of ether oxygens (including phenoxy) is 2. The molecule has 0 spiro atoms. The highest BCUT2D eigenvalue weighted by atomic mass is 35.5. The molecule has 0 aliphatic carbocycles. The number of hydrogen-bond donors (Lipinski definition) is 1. The predicted octanol–water partition coefficient (Wildman–Crippen LogP) is 3.85. The number of fused-ring (bicyclic) bond motifs is 1. The molecule has 0 aromatic heterocycles. The first kappa shape index (κ1) is 14.5. The van der Waals surface area contributed by atoms with Crippen LogP contribution in [0.2, 0.25) is 5.02 Å². The summed E-state index contributed by atoms with van der Waals surface area (Å²) in [4.78, 5) is 12.1. The van der Waals surface area contributed by atoms with Crippen LogP contribution in [0, 0.1) is 0 Å². The number of carbonyl (C=O) groups excluding carboxylic acids is 1. The summed E-state index contributed by atoms with van der Waals surface area (Å²) in [5.41, 5.74) is 3.01.